The summed E-state index contributed by atoms with van der Waals surface area (Å²) < 4.78 is 5.36. The zero-order chi connectivity index (χ0) is 14.0. The van der Waals surface area contributed by atoms with Crippen LogP contribution in [0, 0.1) is 0 Å². The van der Waals surface area contributed by atoms with Crippen molar-refractivity contribution >= 4 is 57.0 Å². The van der Waals surface area contributed by atoms with Crippen molar-refractivity contribution < 1.29 is 9.53 Å². The number of ether oxygens (including phenoxy) is 1. The molecule has 2 aromatic heterocycles. The fourth-order valence-corrected chi connectivity index (χ4v) is 3.65. The predicted octanol–water partition coefficient (Wildman–Crippen LogP) is 4.47. The van der Waals surface area contributed by atoms with Crippen molar-refractivity contribution in [2.24, 2.45) is 0 Å². The number of aromatic nitrogens is 1. The zero-order valence-electron chi connectivity index (χ0n) is 10.1. The molecule has 0 aliphatic rings. The molecule has 8 heteroatoms. The quantitative estimate of drug-likeness (QED) is 0.836. The number of carbonyl (C=O) groups excluding carboxylic acids is 1. The molecule has 0 aliphatic heterocycles. The Morgan fingerprint density at radius 3 is 2.74 bits per heavy atom. The molecule has 0 aliphatic carbocycles. The largest absolute Gasteiger partial charge is 0.465 e. The van der Waals surface area contributed by atoms with Crippen LogP contribution < -0.4 is 5.32 Å². The lowest BCUT2D eigenvalue weighted by Crippen LogP contribution is -2.04. The Hall–Kier alpha value is -0.820. The second-order valence-corrected chi connectivity index (χ2v) is 6.74. The van der Waals surface area contributed by atoms with Gasteiger partial charge in [0.2, 0.25) is 0 Å². The highest BCUT2D eigenvalue weighted by Gasteiger charge is 2.18. The van der Waals surface area contributed by atoms with Gasteiger partial charge in [0.15, 0.2) is 15.2 Å². The number of carbonyl (C=O) groups is 1. The molecule has 0 spiro atoms. The molecule has 1 unspecified atom stereocenters. The fourth-order valence-electron chi connectivity index (χ4n) is 1.40. The number of methoxy groups -OCH3 is 1. The molecule has 0 aromatic carbocycles. The third-order valence-electron chi connectivity index (χ3n) is 2.32. The van der Waals surface area contributed by atoms with Gasteiger partial charge in [0.05, 0.1) is 17.5 Å². The number of anilines is 1. The first-order valence-electron chi connectivity index (χ1n) is 5.27. The molecule has 0 fully saturated rings. The van der Waals surface area contributed by atoms with Gasteiger partial charge in [-0.25, -0.2) is 9.78 Å². The molecule has 2 aromatic rings. The van der Waals surface area contributed by atoms with E-state index in [1.165, 1.54) is 18.4 Å². The van der Waals surface area contributed by atoms with Crippen LogP contribution >= 0.6 is 45.9 Å². The Morgan fingerprint density at radius 2 is 2.16 bits per heavy atom. The first-order chi connectivity index (χ1) is 9.01. The number of thiophene rings is 1. The summed E-state index contributed by atoms with van der Waals surface area (Å²) in [6.07, 6.45) is 0. The summed E-state index contributed by atoms with van der Waals surface area (Å²) >= 11 is 14.4. The molecule has 4 nitrogen and oxygen atoms in total. The van der Waals surface area contributed by atoms with E-state index in [4.69, 9.17) is 23.2 Å². The van der Waals surface area contributed by atoms with E-state index in [0.717, 1.165) is 20.6 Å². The number of thiazole rings is 1. The average Bonchev–Trinajstić information content (AvgIpc) is 2.95. The first kappa shape index (κ1) is 14.6. The standard InChI is InChI=1S/C11H10Cl2N2O2S2/c1-5(6-3-4-7(12)18-6)14-11-15-9(13)8(19-11)10(16)17-2/h3-5H,1-2H3,(H,14,15). The Balaban J connectivity index is 2.13. The number of hydrogen-bond donors (Lipinski definition) is 1. The molecule has 0 radical (unpaired) electrons. The normalized spacial score (nSPS) is 12.2. The lowest BCUT2D eigenvalue weighted by atomic mass is 10.3. The monoisotopic (exact) mass is 336 g/mol. The van der Waals surface area contributed by atoms with E-state index in [-0.39, 0.29) is 11.2 Å². The fraction of sp³-hybridized carbons (Fsp3) is 0.273. The van der Waals surface area contributed by atoms with Crippen molar-refractivity contribution in [3.8, 4) is 0 Å². The molecule has 1 atom stereocenters. The molecule has 1 N–H and O–H groups in total. The van der Waals surface area contributed by atoms with Gasteiger partial charge in [-0.3, -0.25) is 0 Å². The third-order valence-corrected chi connectivity index (χ3v) is 5.08. The second kappa shape index (κ2) is 6.09. The molecular formula is C11H10Cl2N2O2S2. The first-order valence-corrected chi connectivity index (χ1v) is 7.66. The van der Waals surface area contributed by atoms with Crippen LogP contribution in [0.25, 0.3) is 0 Å². The highest BCUT2D eigenvalue weighted by Crippen LogP contribution is 2.32. The van der Waals surface area contributed by atoms with Gasteiger partial charge in [-0.15, -0.1) is 11.3 Å². The smallest absolute Gasteiger partial charge is 0.351 e. The van der Waals surface area contributed by atoms with E-state index in [0.29, 0.717) is 10.0 Å². The Bertz CT molecular complexity index is 597. The van der Waals surface area contributed by atoms with Gasteiger partial charge in [0, 0.05) is 4.88 Å². The summed E-state index contributed by atoms with van der Waals surface area (Å²) in [6.45, 7) is 1.98. The van der Waals surface area contributed by atoms with Crippen LogP contribution in [0.15, 0.2) is 12.1 Å². The Labute approximate surface area is 128 Å². The topological polar surface area (TPSA) is 51.2 Å². The summed E-state index contributed by atoms with van der Waals surface area (Å²) in [5.74, 6) is -0.484. The summed E-state index contributed by atoms with van der Waals surface area (Å²) in [4.78, 5) is 16.9. The van der Waals surface area contributed by atoms with Gasteiger partial charge in [0.1, 0.15) is 0 Å². The van der Waals surface area contributed by atoms with Crippen LogP contribution in [-0.2, 0) is 4.74 Å². The number of nitrogens with zero attached hydrogens (tertiary/aromatic N) is 1. The van der Waals surface area contributed by atoms with Gasteiger partial charge in [-0.05, 0) is 19.1 Å². The van der Waals surface area contributed by atoms with Crippen molar-refractivity contribution in [3.63, 3.8) is 0 Å². The molecule has 2 heterocycles. The number of nitrogens with one attached hydrogen (secondary N) is 1. The van der Waals surface area contributed by atoms with Gasteiger partial charge in [-0.1, -0.05) is 34.5 Å². The minimum atomic E-state index is -0.484. The van der Waals surface area contributed by atoms with E-state index in [1.807, 2.05) is 19.1 Å². The second-order valence-electron chi connectivity index (χ2n) is 3.64. The van der Waals surface area contributed by atoms with Crippen LogP contribution in [0.3, 0.4) is 0 Å². The van der Waals surface area contributed by atoms with Gasteiger partial charge >= 0.3 is 5.97 Å². The van der Waals surface area contributed by atoms with Crippen molar-refractivity contribution in [3.05, 3.63) is 31.4 Å². The van der Waals surface area contributed by atoms with E-state index >= 15 is 0 Å². The molecule has 19 heavy (non-hydrogen) atoms. The average molecular weight is 337 g/mol. The number of halogens is 2. The maximum atomic E-state index is 11.4. The van der Waals surface area contributed by atoms with Crippen molar-refractivity contribution in [1.29, 1.82) is 0 Å². The number of esters is 1. The number of rotatable bonds is 4. The van der Waals surface area contributed by atoms with Crippen LogP contribution in [0.1, 0.15) is 27.5 Å². The van der Waals surface area contributed by atoms with E-state index < -0.39 is 5.97 Å². The Kier molecular flexibility index (Phi) is 4.67. The summed E-state index contributed by atoms with van der Waals surface area (Å²) in [5.41, 5.74) is 0. The van der Waals surface area contributed by atoms with Gasteiger partial charge in [-0.2, -0.15) is 0 Å². The van der Waals surface area contributed by atoms with Gasteiger partial charge < -0.3 is 10.1 Å². The van der Waals surface area contributed by atoms with E-state index in [2.05, 4.69) is 15.0 Å². The molecule has 0 saturated carbocycles. The van der Waals surface area contributed by atoms with Crippen LogP contribution in [0.4, 0.5) is 5.13 Å². The van der Waals surface area contributed by atoms with Crippen LogP contribution in [-0.4, -0.2) is 18.1 Å². The summed E-state index contributed by atoms with van der Waals surface area (Å²) in [6, 6.07) is 3.82. The SMILES string of the molecule is COC(=O)c1sc(NC(C)c2ccc(Cl)s2)nc1Cl. The minimum absolute atomic E-state index is 0.0326. The van der Waals surface area contributed by atoms with Crippen LogP contribution in [0.2, 0.25) is 9.49 Å². The van der Waals surface area contributed by atoms with E-state index in [9.17, 15) is 4.79 Å². The maximum Gasteiger partial charge on any atom is 0.351 e. The van der Waals surface area contributed by atoms with Crippen LogP contribution in [0.5, 0.6) is 0 Å². The molecule has 0 bridgehead atoms. The molecule has 0 saturated heterocycles. The lowest BCUT2D eigenvalue weighted by molar-refractivity contribution is 0.0606. The summed E-state index contributed by atoms with van der Waals surface area (Å²) in [5, 5.41) is 3.90. The zero-order valence-corrected chi connectivity index (χ0v) is 13.2. The molecule has 0 amide bonds. The third kappa shape index (κ3) is 3.39. The number of hydrogen-bond acceptors (Lipinski definition) is 6. The van der Waals surface area contributed by atoms with E-state index in [1.54, 1.807) is 0 Å². The maximum absolute atomic E-state index is 11.4. The molecular weight excluding hydrogens is 327 g/mol. The van der Waals surface area contributed by atoms with Crippen molar-refractivity contribution in [1.82, 2.24) is 4.98 Å². The Morgan fingerprint density at radius 1 is 1.42 bits per heavy atom. The summed E-state index contributed by atoms with van der Waals surface area (Å²) in [7, 11) is 1.31. The lowest BCUT2D eigenvalue weighted by Gasteiger charge is -2.09. The highest BCUT2D eigenvalue weighted by molar-refractivity contribution is 7.18. The highest BCUT2D eigenvalue weighted by atomic mass is 35.5. The molecule has 102 valence electrons. The molecule has 2 rings (SSSR count). The predicted molar refractivity (Wildman–Crippen MR) is 79.8 cm³/mol. The van der Waals surface area contributed by atoms with Crippen molar-refractivity contribution in [2.75, 3.05) is 12.4 Å². The minimum Gasteiger partial charge on any atom is -0.465 e. The van der Waals surface area contributed by atoms with Gasteiger partial charge in [0.25, 0.3) is 0 Å². The van der Waals surface area contributed by atoms with Crippen molar-refractivity contribution in [2.45, 2.75) is 13.0 Å².